The molecule has 0 aliphatic rings. The van der Waals surface area contributed by atoms with Crippen molar-refractivity contribution < 1.29 is 24.2 Å². The summed E-state index contributed by atoms with van der Waals surface area (Å²) in [5.74, 6) is -1.86. The molecule has 0 saturated carbocycles. The molecule has 0 aliphatic heterocycles. The van der Waals surface area contributed by atoms with Crippen molar-refractivity contribution >= 4 is 17.9 Å². The first kappa shape index (κ1) is 14.5. The van der Waals surface area contributed by atoms with Crippen molar-refractivity contribution in [1.82, 2.24) is 5.32 Å². The number of nitrogens with one attached hydrogen (secondary N) is 1. The Bertz CT molecular complexity index is 527. The Morgan fingerprint density at radius 2 is 2.00 bits per heavy atom. The van der Waals surface area contributed by atoms with Gasteiger partial charge in [-0.3, -0.25) is 10.1 Å². The minimum atomic E-state index is -1.17. The Balaban J connectivity index is 2.90. The van der Waals surface area contributed by atoms with Crippen LogP contribution < -0.4 is 15.8 Å². The van der Waals surface area contributed by atoms with Crippen LogP contribution in [-0.4, -0.2) is 29.1 Å². The van der Waals surface area contributed by atoms with Gasteiger partial charge in [0, 0.05) is 0 Å². The number of primary amides is 1. The summed E-state index contributed by atoms with van der Waals surface area (Å²) in [5, 5.41) is 10.9. The Hall–Kier alpha value is -2.57. The van der Waals surface area contributed by atoms with Gasteiger partial charge in [0.05, 0.1) is 0 Å². The van der Waals surface area contributed by atoms with E-state index in [-0.39, 0.29) is 11.3 Å². The van der Waals surface area contributed by atoms with Crippen LogP contribution in [0.1, 0.15) is 22.8 Å². The third kappa shape index (κ3) is 3.98. The molecule has 1 rings (SSSR count). The maximum absolute atomic E-state index is 11.4. The highest BCUT2D eigenvalue weighted by atomic mass is 16.5. The topological polar surface area (TPSA) is 119 Å². The van der Waals surface area contributed by atoms with Crippen molar-refractivity contribution in [2.45, 2.75) is 20.0 Å². The fraction of sp³-hybridized carbons (Fsp3) is 0.250. The molecule has 19 heavy (non-hydrogen) atoms. The van der Waals surface area contributed by atoms with Gasteiger partial charge in [0.15, 0.2) is 6.10 Å². The van der Waals surface area contributed by atoms with Crippen molar-refractivity contribution in [2.24, 2.45) is 5.73 Å². The largest absolute Gasteiger partial charge is 0.480 e. The van der Waals surface area contributed by atoms with Crippen molar-refractivity contribution in [3.63, 3.8) is 0 Å². The third-order valence-corrected chi connectivity index (χ3v) is 2.28. The number of hydrogen-bond acceptors (Lipinski definition) is 4. The van der Waals surface area contributed by atoms with Gasteiger partial charge in [0.25, 0.3) is 5.91 Å². The van der Waals surface area contributed by atoms with Crippen LogP contribution in [0, 0.1) is 6.92 Å². The van der Waals surface area contributed by atoms with E-state index in [1.807, 2.05) is 5.32 Å². The van der Waals surface area contributed by atoms with Crippen LogP contribution in [0.4, 0.5) is 4.79 Å². The molecule has 0 aromatic heterocycles. The molecule has 4 N–H and O–H groups in total. The molecule has 0 heterocycles. The molecule has 3 amide bonds. The van der Waals surface area contributed by atoms with Gasteiger partial charge < -0.3 is 15.6 Å². The summed E-state index contributed by atoms with van der Waals surface area (Å²) in [5.41, 5.74) is 5.49. The van der Waals surface area contributed by atoms with Gasteiger partial charge in [0.2, 0.25) is 0 Å². The molecule has 1 unspecified atom stereocenters. The lowest BCUT2D eigenvalue weighted by molar-refractivity contribution is -0.126. The van der Waals surface area contributed by atoms with Crippen LogP contribution >= 0.6 is 0 Å². The number of carboxylic acid groups (broad SMARTS) is 1. The smallest absolute Gasteiger partial charge is 0.339 e. The average Bonchev–Trinajstić information content (AvgIpc) is 2.30. The molecule has 102 valence electrons. The highest BCUT2D eigenvalue weighted by Gasteiger charge is 2.19. The van der Waals surface area contributed by atoms with Gasteiger partial charge in [-0.05, 0) is 26.0 Å². The molecule has 1 aromatic rings. The summed E-state index contributed by atoms with van der Waals surface area (Å²) in [7, 11) is 0. The lowest BCUT2D eigenvalue weighted by atomic mass is 10.1. The number of imide groups is 1. The van der Waals surface area contributed by atoms with Crippen molar-refractivity contribution in [2.75, 3.05) is 0 Å². The van der Waals surface area contributed by atoms with Crippen LogP contribution in [0.5, 0.6) is 5.75 Å². The second-order valence-electron chi connectivity index (χ2n) is 3.92. The zero-order valence-corrected chi connectivity index (χ0v) is 10.5. The minimum Gasteiger partial charge on any atom is -0.480 e. The summed E-state index contributed by atoms with van der Waals surface area (Å²) in [6, 6.07) is 3.53. The van der Waals surface area contributed by atoms with Crippen LogP contribution in [0.25, 0.3) is 0 Å². The number of aromatic carboxylic acids is 1. The molecule has 0 bridgehead atoms. The number of urea groups is 1. The number of benzene rings is 1. The molecular formula is C12H14N2O5. The number of ether oxygens (including phenoxy) is 1. The van der Waals surface area contributed by atoms with E-state index in [1.165, 1.54) is 19.1 Å². The van der Waals surface area contributed by atoms with Crippen LogP contribution in [0.2, 0.25) is 0 Å². The maximum Gasteiger partial charge on any atom is 0.339 e. The number of aryl methyl sites for hydroxylation is 1. The first-order chi connectivity index (χ1) is 8.81. The number of nitrogens with two attached hydrogens (primary N) is 1. The summed E-state index contributed by atoms with van der Waals surface area (Å²) >= 11 is 0. The van der Waals surface area contributed by atoms with E-state index in [9.17, 15) is 14.4 Å². The van der Waals surface area contributed by atoms with Crippen molar-refractivity contribution in [3.8, 4) is 5.75 Å². The average molecular weight is 266 g/mol. The highest BCUT2D eigenvalue weighted by molar-refractivity contribution is 5.96. The molecule has 7 heteroatoms. The van der Waals surface area contributed by atoms with E-state index in [2.05, 4.69) is 0 Å². The van der Waals surface area contributed by atoms with Crippen molar-refractivity contribution in [1.29, 1.82) is 0 Å². The third-order valence-electron chi connectivity index (χ3n) is 2.28. The lowest BCUT2D eigenvalue weighted by Gasteiger charge is -2.15. The predicted octanol–water partition coefficient (Wildman–Crippen LogP) is 0.655. The second kappa shape index (κ2) is 5.85. The summed E-state index contributed by atoms with van der Waals surface area (Å²) < 4.78 is 5.22. The van der Waals surface area contributed by atoms with E-state index in [1.54, 1.807) is 13.0 Å². The summed E-state index contributed by atoms with van der Waals surface area (Å²) in [6.45, 7) is 3.11. The predicted molar refractivity (Wildman–Crippen MR) is 66.0 cm³/mol. The number of carbonyl (C=O) groups is 3. The first-order valence-corrected chi connectivity index (χ1v) is 5.42. The molecule has 0 spiro atoms. The van der Waals surface area contributed by atoms with E-state index >= 15 is 0 Å². The second-order valence-corrected chi connectivity index (χ2v) is 3.92. The van der Waals surface area contributed by atoms with E-state index in [4.69, 9.17) is 15.6 Å². The van der Waals surface area contributed by atoms with E-state index < -0.39 is 24.0 Å². The Labute approximate surface area is 109 Å². The Kier molecular flexibility index (Phi) is 4.46. The number of carboxylic acids is 1. The van der Waals surface area contributed by atoms with Gasteiger partial charge in [-0.2, -0.15) is 0 Å². The molecule has 0 aliphatic carbocycles. The van der Waals surface area contributed by atoms with Gasteiger partial charge in [0.1, 0.15) is 11.3 Å². The maximum atomic E-state index is 11.4. The van der Waals surface area contributed by atoms with Crippen LogP contribution in [0.3, 0.4) is 0 Å². The highest BCUT2D eigenvalue weighted by Crippen LogP contribution is 2.21. The SMILES string of the molecule is Cc1ccc(OC(C)C(=O)NC(N)=O)c(C(=O)O)c1. The van der Waals surface area contributed by atoms with Gasteiger partial charge in [-0.15, -0.1) is 0 Å². The van der Waals surface area contributed by atoms with Gasteiger partial charge in [-0.25, -0.2) is 9.59 Å². The Morgan fingerprint density at radius 1 is 1.37 bits per heavy atom. The number of rotatable bonds is 4. The zero-order chi connectivity index (χ0) is 14.6. The standard InChI is InChI=1S/C12H14N2O5/c1-6-3-4-9(8(5-6)11(16)17)19-7(2)10(15)14-12(13)18/h3-5,7H,1-2H3,(H,16,17)(H3,13,14,15,18). The summed E-state index contributed by atoms with van der Waals surface area (Å²) in [4.78, 5) is 33.0. The number of carbonyl (C=O) groups excluding carboxylic acids is 2. The molecule has 0 saturated heterocycles. The van der Waals surface area contributed by atoms with E-state index in [0.717, 1.165) is 5.56 Å². The summed E-state index contributed by atoms with van der Waals surface area (Å²) in [6.07, 6.45) is -1.05. The van der Waals surface area contributed by atoms with E-state index in [0.29, 0.717) is 0 Å². The monoisotopic (exact) mass is 266 g/mol. The molecular weight excluding hydrogens is 252 g/mol. The fourth-order valence-electron chi connectivity index (χ4n) is 1.38. The zero-order valence-electron chi connectivity index (χ0n) is 10.5. The molecule has 7 nitrogen and oxygen atoms in total. The normalized spacial score (nSPS) is 11.5. The Morgan fingerprint density at radius 3 is 2.53 bits per heavy atom. The van der Waals surface area contributed by atoms with Gasteiger partial charge in [-0.1, -0.05) is 11.6 Å². The minimum absolute atomic E-state index is 0.0465. The number of amides is 3. The van der Waals surface area contributed by atoms with Crippen LogP contribution in [0.15, 0.2) is 18.2 Å². The number of hydrogen-bond donors (Lipinski definition) is 3. The van der Waals surface area contributed by atoms with Crippen LogP contribution in [-0.2, 0) is 4.79 Å². The molecule has 0 radical (unpaired) electrons. The quantitative estimate of drug-likeness (QED) is 0.739. The molecule has 1 aromatic carbocycles. The molecule has 0 fully saturated rings. The lowest BCUT2D eigenvalue weighted by Crippen LogP contribution is -2.42. The fourth-order valence-corrected chi connectivity index (χ4v) is 1.38. The van der Waals surface area contributed by atoms with Crippen molar-refractivity contribution in [3.05, 3.63) is 29.3 Å². The first-order valence-electron chi connectivity index (χ1n) is 5.42. The molecule has 1 atom stereocenters. The van der Waals surface area contributed by atoms with Gasteiger partial charge >= 0.3 is 12.0 Å².